The van der Waals surface area contributed by atoms with Crippen molar-refractivity contribution in [2.75, 3.05) is 12.4 Å². The molecule has 0 unspecified atom stereocenters. The number of benzene rings is 2. The molecule has 0 fully saturated rings. The van der Waals surface area contributed by atoms with Gasteiger partial charge in [-0.05, 0) is 71.9 Å². The van der Waals surface area contributed by atoms with Crippen LogP contribution in [0.15, 0.2) is 60.0 Å². The number of para-hydroxylation sites is 1. The number of nitrogens with one attached hydrogen (secondary N) is 1. The maximum atomic E-state index is 14.0. The van der Waals surface area contributed by atoms with E-state index >= 15 is 0 Å². The van der Waals surface area contributed by atoms with Gasteiger partial charge in [0.15, 0.2) is 6.10 Å². The molecule has 222 valence electrons. The summed E-state index contributed by atoms with van der Waals surface area (Å²) >= 11 is 1.64. The highest BCUT2D eigenvalue weighted by Crippen LogP contribution is 2.45. The monoisotopic (exact) mass is 599 g/mol. The summed E-state index contributed by atoms with van der Waals surface area (Å²) in [7, 11) is 1.39. The maximum absolute atomic E-state index is 14.0. The zero-order valence-electron chi connectivity index (χ0n) is 24.7. The molecule has 43 heavy (non-hydrogen) atoms. The zero-order chi connectivity index (χ0) is 30.9. The second-order valence-corrected chi connectivity index (χ2v) is 12.6. The van der Waals surface area contributed by atoms with Gasteiger partial charge in [0, 0.05) is 22.4 Å². The number of anilines is 1. The Kier molecular flexibility index (Phi) is 8.32. The Balaban J connectivity index is 1.53. The van der Waals surface area contributed by atoms with Gasteiger partial charge in [-0.3, -0.25) is 14.9 Å². The van der Waals surface area contributed by atoms with E-state index < -0.39 is 22.9 Å². The van der Waals surface area contributed by atoms with Crippen LogP contribution in [0.4, 0.5) is 11.4 Å². The normalized spacial score (nSPS) is 16.4. The number of fused-ring (bicyclic) bond motifs is 2. The summed E-state index contributed by atoms with van der Waals surface area (Å²) < 4.78 is 11.0. The Morgan fingerprint density at radius 3 is 2.58 bits per heavy atom. The van der Waals surface area contributed by atoms with Crippen LogP contribution in [0.1, 0.15) is 60.6 Å². The summed E-state index contributed by atoms with van der Waals surface area (Å²) in [4.78, 5) is 44.0. The standard InChI is InChI=1S/C33H33N3O6S/c1-19(31(37)35-27-18-22(36(39)40)12-13-28(27)41-5)42-32(38)29-24-10-6-7-11-26(24)34-30-20(16-23-9-8-14-43-23)15-21(17-25(29)30)33(2,3)4/h6-14,16,18-19,21H,15,17H2,1-5H3,(H,35,37)/b20-16-/t19-,21-/m0/s1. The highest BCUT2D eigenvalue weighted by atomic mass is 32.1. The third kappa shape index (κ3) is 6.29. The van der Waals surface area contributed by atoms with Gasteiger partial charge in [0.1, 0.15) is 5.75 Å². The summed E-state index contributed by atoms with van der Waals surface area (Å²) in [6, 6.07) is 15.4. The molecule has 0 saturated carbocycles. The summed E-state index contributed by atoms with van der Waals surface area (Å²) in [5, 5.41) is 16.6. The fraction of sp³-hybridized carbons (Fsp3) is 0.303. The number of thiophene rings is 1. The SMILES string of the molecule is COc1ccc([N+](=O)[O-])cc1NC(=O)[C@H](C)OC(=O)c1c2c(nc3ccccc13)/C(=C\c1cccs1)C[C@H](C(C)(C)C)C2. The molecule has 4 aromatic rings. The summed E-state index contributed by atoms with van der Waals surface area (Å²) in [5.41, 5.74) is 3.57. The number of nitro benzene ring substituents is 1. The summed E-state index contributed by atoms with van der Waals surface area (Å²) in [6.45, 7) is 8.07. The molecule has 0 spiro atoms. The first kappa shape index (κ1) is 29.9. The second kappa shape index (κ2) is 12.0. The number of allylic oxidation sites excluding steroid dienone is 1. The summed E-state index contributed by atoms with van der Waals surface area (Å²) in [5.74, 6) is -0.800. The van der Waals surface area contributed by atoms with Crippen molar-refractivity contribution >= 4 is 57.1 Å². The molecule has 0 saturated heterocycles. The van der Waals surface area contributed by atoms with Gasteiger partial charge >= 0.3 is 5.97 Å². The molecule has 2 heterocycles. The second-order valence-electron chi connectivity index (χ2n) is 11.7. The van der Waals surface area contributed by atoms with Crippen LogP contribution in [0.3, 0.4) is 0 Å². The quantitative estimate of drug-likeness (QED) is 0.132. The minimum atomic E-state index is -1.21. The van der Waals surface area contributed by atoms with Gasteiger partial charge in [0.05, 0.1) is 34.5 Å². The summed E-state index contributed by atoms with van der Waals surface area (Å²) in [6.07, 6.45) is 2.40. The van der Waals surface area contributed by atoms with Crippen molar-refractivity contribution in [2.45, 2.75) is 46.6 Å². The van der Waals surface area contributed by atoms with Crippen LogP contribution in [0.2, 0.25) is 0 Å². The predicted molar refractivity (Wildman–Crippen MR) is 168 cm³/mol. The lowest BCUT2D eigenvalue weighted by atomic mass is 9.69. The largest absolute Gasteiger partial charge is 0.495 e. The molecule has 0 radical (unpaired) electrons. The van der Waals surface area contributed by atoms with Crippen molar-refractivity contribution < 1.29 is 24.0 Å². The van der Waals surface area contributed by atoms with Crippen LogP contribution in [0, 0.1) is 21.4 Å². The van der Waals surface area contributed by atoms with Crippen LogP contribution < -0.4 is 10.1 Å². The molecule has 1 aliphatic rings. The molecule has 0 aliphatic heterocycles. The van der Waals surface area contributed by atoms with E-state index in [0.29, 0.717) is 22.9 Å². The van der Waals surface area contributed by atoms with E-state index in [2.05, 4.69) is 38.2 Å². The lowest BCUT2D eigenvalue weighted by Gasteiger charge is -2.36. The zero-order valence-corrected chi connectivity index (χ0v) is 25.5. The van der Waals surface area contributed by atoms with Crippen molar-refractivity contribution in [3.05, 3.63) is 91.8 Å². The number of hydrogen-bond donors (Lipinski definition) is 1. The first-order chi connectivity index (χ1) is 20.5. The number of pyridine rings is 1. The number of ether oxygens (including phenoxy) is 2. The van der Waals surface area contributed by atoms with E-state index in [1.807, 2.05) is 35.7 Å². The van der Waals surface area contributed by atoms with Gasteiger partial charge in [-0.2, -0.15) is 0 Å². The molecule has 2 aromatic carbocycles. The fourth-order valence-corrected chi connectivity index (χ4v) is 6.01. The highest BCUT2D eigenvalue weighted by molar-refractivity contribution is 7.10. The number of methoxy groups -OCH3 is 1. The van der Waals surface area contributed by atoms with Crippen molar-refractivity contribution in [3.8, 4) is 5.75 Å². The number of amides is 1. The molecular formula is C33H33N3O6S. The topological polar surface area (TPSA) is 121 Å². The molecule has 2 atom stereocenters. The van der Waals surface area contributed by atoms with Crippen molar-refractivity contribution in [1.29, 1.82) is 0 Å². The van der Waals surface area contributed by atoms with E-state index in [4.69, 9.17) is 14.5 Å². The third-order valence-electron chi connectivity index (χ3n) is 7.81. The minimum Gasteiger partial charge on any atom is -0.495 e. The van der Waals surface area contributed by atoms with E-state index in [0.717, 1.165) is 28.1 Å². The molecule has 9 nitrogen and oxygen atoms in total. The van der Waals surface area contributed by atoms with E-state index in [1.54, 1.807) is 11.3 Å². The number of carbonyl (C=O) groups excluding carboxylic acids is 2. The molecule has 1 N–H and O–H groups in total. The number of carbonyl (C=O) groups is 2. The molecule has 5 rings (SSSR count). The van der Waals surface area contributed by atoms with E-state index in [1.165, 1.54) is 32.2 Å². The lowest BCUT2D eigenvalue weighted by molar-refractivity contribution is -0.384. The van der Waals surface area contributed by atoms with Gasteiger partial charge < -0.3 is 14.8 Å². The van der Waals surface area contributed by atoms with Gasteiger partial charge in [-0.25, -0.2) is 9.78 Å². The third-order valence-corrected chi connectivity index (χ3v) is 8.63. The molecular weight excluding hydrogens is 566 g/mol. The Bertz CT molecular complexity index is 1740. The average molecular weight is 600 g/mol. The van der Waals surface area contributed by atoms with Gasteiger partial charge in [0.2, 0.25) is 0 Å². The van der Waals surface area contributed by atoms with Crippen LogP contribution in [-0.2, 0) is 16.0 Å². The number of aromatic nitrogens is 1. The molecule has 2 aromatic heterocycles. The van der Waals surface area contributed by atoms with E-state index in [9.17, 15) is 19.7 Å². The molecule has 0 bridgehead atoms. The van der Waals surface area contributed by atoms with Crippen LogP contribution in [-0.4, -0.2) is 35.0 Å². The lowest BCUT2D eigenvalue weighted by Crippen LogP contribution is -2.32. The number of hydrogen-bond acceptors (Lipinski definition) is 8. The van der Waals surface area contributed by atoms with Gasteiger partial charge in [-0.15, -0.1) is 11.3 Å². The molecule has 1 aliphatic carbocycles. The van der Waals surface area contributed by atoms with Crippen LogP contribution in [0.5, 0.6) is 5.75 Å². The first-order valence-corrected chi connectivity index (χ1v) is 14.8. The smallest absolute Gasteiger partial charge is 0.339 e. The fourth-order valence-electron chi connectivity index (χ4n) is 5.33. The Hall–Kier alpha value is -4.57. The van der Waals surface area contributed by atoms with E-state index in [-0.39, 0.29) is 28.5 Å². The Morgan fingerprint density at radius 2 is 1.91 bits per heavy atom. The minimum absolute atomic E-state index is 0.0381. The van der Waals surface area contributed by atoms with Gasteiger partial charge in [-0.1, -0.05) is 45.0 Å². The van der Waals surface area contributed by atoms with Crippen LogP contribution in [0.25, 0.3) is 22.6 Å². The highest BCUT2D eigenvalue weighted by Gasteiger charge is 2.36. The van der Waals surface area contributed by atoms with Crippen LogP contribution >= 0.6 is 11.3 Å². The molecule has 1 amide bonds. The number of esters is 1. The van der Waals surface area contributed by atoms with Crippen molar-refractivity contribution in [1.82, 2.24) is 4.98 Å². The number of nitro groups is 1. The van der Waals surface area contributed by atoms with Crippen molar-refractivity contribution in [3.63, 3.8) is 0 Å². The number of non-ortho nitro benzene ring substituents is 1. The average Bonchev–Trinajstić information content (AvgIpc) is 3.48. The Morgan fingerprint density at radius 1 is 1.14 bits per heavy atom. The predicted octanol–water partition coefficient (Wildman–Crippen LogP) is 7.55. The number of rotatable bonds is 7. The van der Waals surface area contributed by atoms with Gasteiger partial charge in [0.25, 0.3) is 11.6 Å². The first-order valence-electron chi connectivity index (χ1n) is 14.0. The maximum Gasteiger partial charge on any atom is 0.339 e. The molecule has 10 heteroatoms. The number of nitrogens with zero attached hydrogens (tertiary/aromatic N) is 2. The Labute approximate surface area is 253 Å². The van der Waals surface area contributed by atoms with Crippen molar-refractivity contribution in [2.24, 2.45) is 11.3 Å².